The Bertz CT molecular complexity index is 977. The second-order valence-corrected chi connectivity index (χ2v) is 7.43. The molecule has 0 saturated heterocycles. The third kappa shape index (κ3) is 3.59. The number of cyclic esters (lactones) is 1. The van der Waals surface area contributed by atoms with E-state index in [2.05, 4.69) is 0 Å². The molecule has 1 unspecified atom stereocenters. The lowest BCUT2D eigenvalue weighted by Crippen LogP contribution is -2.29. The van der Waals surface area contributed by atoms with Crippen molar-refractivity contribution in [2.45, 2.75) is 17.1 Å². The summed E-state index contributed by atoms with van der Waals surface area (Å²) in [4.78, 5) is 13.9. The Kier molecular flexibility index (Phi) is 5.25. The van der Waals surface area contributed by atoms with Crippen LogP contribution in [0.4, 0.5) is 0 Å². The molecule has 2 aromatic carbocycles. The van der Waals surface area contributed by atoms with Crippen molar-refractivity contribution < 1.29 is 28.8 Å². The highest BCUT2D eigenvalue weighted by molar-refractivity contribution is 7.98. The zero-order valence-corrected chi connectivity index (χ0v) is 16.8. The Morgan fingerprint density at radius 3 is 2.45 bits per heavy atom. The molecule has 1 N–H and O–H groups in total. The summed E-state index contributed by atoms with van der Waals surface area (Å²) in [7, 11) is 1.56. The Morgan fingerprint density at radius 1 is 1.14 bits per heavy atom. The molecule has 4 rings (SSSR count). The quantitative estimate of drug-likeness (QED) is 0.575. The van der Waals surface area contributed by atoms with Gasteiger partial charge in [0.05, 0.1) is 7.11 Å². The van der Waals surface area contributed by atoms with Gasteiger partial charge in [-0.05, 0) is 48.2 Å². The van der Waals surface area contributed by atoms with E-state index in [0.717, 1.165) is 10.5 Å². The van der Waals surface area contributed by atoms with Crippen LogP contribution in [-0.2, 0) is 31.2 Å². The first-order chi connectivity index (χ1) is 14.0. The lowest BCUT2D eigenvalue weighted by molar-refractivity contribution is -0.186. The van der Waals surface area contributed by atoms with Gasteiger partial charge in [-0.15, -0.1) is 11.8 Å². The van der Waals surface area contributed by atoms with Gasteiger partial charge in [-0.25, -0.2) is 4.79 Å². The molecule has 1 atom stereocenters. The molecule has 7 heteroatoms. The molecule has 0 amide bonds. The predicted octanol–water partition coefficient (Wildman–Crippen LogP) is 3.50. The highest BCUT2D eigenvalue weighted by atomic mass is 32.2. The number of carbonyl (C=O) groups excluding carboxylic acids is 1. The maximum absolute atomic E-state index is 12.7. The van der Waals surface area contributed by atoms with E-state index in [1.165, 1.54) is 6.26 Å². The number of carbonyl (C=O) groups is 1. The van der Waals surface area contributed by atoms with Gasteiger partial charge in [-0.2, -0.15) is 0 Å². The molecule has 0 bridgehead atoms. The molecular formula is C22H20O6S. The van der Waals surface area contributed by atoms with Crippen LogP contribution in [-0.4, -0.2) is 31.2 Å². The third-order valence-electron chi connectivity index (χ3n) is 4.90. The molecule has 0 saturated carbocycles. The normalized spacial score (nSPS) is 20.8. The van der Waals surface area contributed by atoms with Crippen LogP contribution in [0.15, 0.2) is 76.6 Å². The van der Waals surface area contributed by atoms with Crippen molar-refractivity contribution in [2.75, 3.05) is 20.2 Å². The van der Waals surface area contributed by atoms with Crippen molar-refractivity contribution in [3.05, 3.63) is 82.8 Å². The van der Waals surface area contributed by atoms with Crippen LogP contribution < -0.4 is 4.74 Å². The van der Waals surface area contributed by atoms with Gasteiger partial charge in [0.25, 0.3) is 5.79 Å². The summed E-state index contributed by atoms with van der Waals surface area (Å²) in [6.07, 6.45) is 3.68. The monoisotopic (exact) mass is 412 g/mol. The number of methoxy groups -OCH3 is 1. The second-order valence-electron chi connectivity index (χ2n) is 6.55. The number of hydrogen-bond donors (Lipinski definition) is 1. The molecule has 0 aliphatic carbocycles. The van der Waals surface area contributed by atoms with Gasteiger partial charge in [0.15, 0.2) is 5.76 Å². The molecule has 29 heavy (non-hydrogen) atoms. The zero-order chi connectivity index (χ0) is 20.4. The van der Waals surface area contributed by atoms with Crippen molar-refractivity contribution in [3.63, 3.8) is 0 Å². The Labute approximate surface area is 172 Å². The molecule has 2 aliphatic rings. The van der Waals surface area contributed by atoms with Crippen LogP contribution in [0.25, 0.3) is 0 Å². The molecule has 2 heterocycles. The van der Waals surface area contributed by atoms with Gasteiger partial charge in [0.1, 0.15) is 17.6 Å². The smallest absolute Gasteiger partial charge is 0.345 e. The molecular weight excluding hydrogens is 392 g/mol. The van der Waals surface area contributed by atoms with Crippen LogP contribution in [0, 0.1) is 0 Å². The van der Waals surface area contributed by atoms with Gasteiger partial charge in [-0.1, -0.05) is 12.1 Å². The number of benzene rings is 2. The Balaban J connectivity index is 1.79. The Morgan fingerprint density at radius 2 is 1.86 bits per heavy atom. The van der Waals surface area contributed by atoms with Crippen LogP contribution >= 0.6 is 11.8 Å². The summed E-state index contributed by atoms with van der Waals surface area (Å²) in [5.41, 5.74) is 1.95. The fraction of sp³-hybridized carbons (Fsp3) is 0.227. The van der Waals surface area contributed by atoms with E-state index in [4.69, 9.17) is 18.9 Å². The number of thioether (sulfide) groups is 1. The average molecular weight is 412 g/mol. The maximum atomic E-state index is 12.7. The summed E-state index contributed by atoms with van der Waals surface area (Å²) < 4.78 is 21.2. The van der Waals surface area contributed by atoms with Crippen LogP contribution in [0.2, 0.25) is 0 Å². The van der Waals surface area contributed by atoms with E-state index < -0.39 is 11.8 Å². The first kappa shape index (κ1) is 19.4. The lowest BCUT2D eigenvalue weighted by Gasteiger charge is -2.26. The number of ether oxygens (including phenoxy) is 4. The number of rotatable bonds is 6. The first-order valence-corrected chi connectivity index (χ1v) is 10.2. The molecule has 0 radical (unpaired) electrons. The summed E-state index contributed by atoms with van der Waals surface area (Å²) in [5.74, 6) is -1.68. The molecule has 0 aromatic heterocycles. The number of esters is 1. The lowest BCUT2D eigenvalue weighted by atomic mass is 9.90. The van der Waals surface area contributed by atoms with Gasteiger partial charge in [0.2, 0.25) is 6.79 Å². The van der Waals surface area contributed by atoms with Gasteiger partial charge >= 0.3 is 5.97 Å². The topological polar surface area (TPSA) is 74.2 Å². The largest absolute Gasteiger partial charge is 0.497 e. The summed E-state index contributed by atoms with van der Waals surface area (Å²) in [5, 5.41) is 11.5. The van der Waals surface area contributed by atoms with E-state index in [-0.39, 0.29) is 18.1 Å². The van der Waals surface area contributed by atoms with Crippen LogP contribution in [0.3, 0.4) is 0 Å². The van der Waals surface area contributed by atoms with Crippen molar-refractivity contribution in [2.24, 2.45) is 0 Å². The summed E-state index contributed by atoms with van der Waals surface area (Å²) in [6.45, 7) is 0.0166. The van der Waals surface area contributed by atoms with Gasteiger partial charge in [-0.3, -0.25) is 0 Å². The molecule has 2 aromatic rings. The Hall–Kier alpha value is -2.90. The molecule has 0 spiro atoms. The maximum Gasteiger partial charge on any atom is 0.345 e. The van der Waals surface area contributed by atoms with Crippen molar-refractivity contribution in [1.29, 1.82) is 0 Å². The molecule has 2 aliphatic heterocycles. The first-order valence-electron chi connectivity index (χ1n) is 8.97. The summed E-state index contributed by atoms with van der Waals surface area (Å²) in [6, 6.07) is 14.7. The standard InChI is InChI=1S/C22H20O6S/c1-25-16-7-5-15(6-8-16)22(24)18(11-14-3-9-17(29-2)10-4-14)20(21(23)28-22)19-12-26-13-27-19/h3-10,12,24H,11,13H2,1-2H3. The van der Waals surface area contributed by atoms with Crippen LogP contribution in [0.1, 0.15) is 11.1 Å². The summed E-state index contributed by atoms with van der Waals surface area (Å²) >= 11 is 1.64. The third-order valence-corrected chi connectivity index (χ3v) is 5.64. The minimum absolute atomic E-state index is 0.0166. The zero-order valence-electron chi connectivity index (χ0n) is 16.0. The minimum Gasteiger partial charge on any atom is -0.497 e. The van der Waals surface area contributed by atoms with Crippen LogP contribution in [0.5, 0.6) is 5.75 Å². The van der Waals surface area contributed by atoms with E-state index in [0.29, 0.717) is 23.3 Å². The number of hydrogen-bond acceptors (Lipinski definition) is 7. The molecule has 6 nitrogen and oxygen atoms in total. The van der Waals surface area contributed by atoms with E-state index >= 15 is 0 Å². The SMILES string of the molecule is COc1ccc(C2(O)OC(=O)C(C3=COCO3)=C2Cc2ccc(SC)cc2)cc1. The molecule has 0 fully saturated rings. The highest BCUT2D eigenvalue weighted by Gasteiger charge is 2.49. The van der Waals surface area contributed by atoms with E-state index in [1.807, 2.05) is 30.5 Å². The van der Waals surface area contributed by atoms with Crippen molar-refractivity contribution >= 4 is 17.7 Å². The predicted molar refractivity (Wildman–Crippen MR) is 107 cm³/mol. The second kappa shape index (κ2) is 7.85. The van der Waals surface area contributed by atoms with Crippen molar-refractivity contribution in [3.8, 4) is 5.75 Å². The van der Waals surface area contributed by atoms with Gasteiger partial charge < -0.3 is 24.1 Å². The van der Waals surface area contributed by atoms with Crippen molar-refractivity contribution in [1.82, 2.24) is 0 Å². The number of aliphatic hydroxyl groups is 1. The van der Waals surface area contributed by atoms with Gasteiger partial charge in [0, 0.05) is 22.5 Å². The fourth-order valence-corrected chi connectivity index (χ4v) is 3.78. The van der Waals surface area contributed by atoms with E-state index in [9.17, 15) is 9.90 Å². The van der Waals surface area contributed by atoms with E-state index in [1.54, 1.807) is 43.1 Å². The molecule has 150 valence electrons. The highest BCUT2D eigenvalue weighted by Crippen LogP contribution is 2.44. The fourth-order valence-electron chi connectivity index (χ4n) is 3.37. The minimum atomic E-state index is -1.91. The average Bonchev–Trinajstić information content (AvgIpc) is 3.35.